The lowest BCUT2D eigenvalue weighted by molar-refractivity contribution is -0.136. The van der Waals surface area contributed by atoms with Gasteiger partial charge in [0.15, 0.2) is 0 Å². The van der Waals surface area contributed by atoms with Crippen molar-refractivity contribution in [2.45, 2.75) is 78.8 Å². The van der Waals surface area contributed by atoms with Crippen molar-refractivity contribution in [3.05, 3.63) is 92.7 Å². The number of carboxylic acid groups (broad SMARTS) is 1. The van der Waals surface area contributed by atoms with Crippen LogP contribution in [0.15, 0.2) is 64.1 Å². The van der Waals surface area contributed by atoms with Gasteiger partial charge in [0, 0.05) is 28.9 Å². The number of fused-ring (bicyclic) bond motifs is 1. The van der Waals surface area contributed by atoms with E-state index in [0.717, 1.165) is 28.3 Å². The Hall–Kier alpha value is -5.17. The van der Waals surface area contributed by atoms with E-state index in [1.807, 2.05) is 52.9 Å². The number of hydrogen-bond donors (Lipinski definition) is 3. The number of benzene rings is 2. The maximum atomic E-state index is 13.7. The third-order valence-electron chi connectivity index (χ3n) is 8.96. The third kappa shape index (κ3) is 7.62. The lowest BCUT2D eigenvalue weighted by Crippen LogP contribution is -2.47. The van der Waals surface area contributed by atoms with Crippen LogP contribution in [0, 0.1) is 19.8 Å². The standard InChI is InChI=1S/C36H40N6O6S/c1-7-8-9-28(34(46)38-25-14-15-26-21(4)27(17-32(43)44)35(47)48-29(26)16-25)42-19-31(40-41-42)36(6,20(2)3)39-33(45)24-12-10-23(11-13-24)30-18-37-22(5)49-30/h10-16,18-20,28H,7-9,17H2,1-6H3,(H,38,46)(H,39,45)(H,43,44)/t28-,36-/m0/s1. The number of carboxylic acids is 1. The van der Waals surface area contributed by atoms with Crippen molar-refractivity contribution in [3.63, 3.8) is 0 Å². The van der Waals surface area contributed by atoms with E-state index in [2.05, 4.69) is 25.9 Å². The van der Waals surface area contributed by atoms with Crippen LogP contribution in [0.3, 0.4) is 0 Å². The van der Waals surface area contributed by atoms with Crippen LogP contribution in [0.5, 0.6) is 0 Å². The van der Waals surface area contributed by atoms with Gasteiger partial charge in [-0.2, -0.15) is 0 Å². The molecule has 0 saturated heterocycles. The number of carbonyl (C=O) groups excluding carboxylic acids is 2. The summed E-state index contributed by atoms with van der Waals surface area (Å²) in [6.45, 7) is 11.5. The zero-order valence-corrected chi connectivity index (χ0v) is 29.2. The predicted molar refractivity (Wildman–Crippen MR) is 188 cm³/mol. The highest BCUT2D eigenvalue weighted by Gasteiger charge is 2.36. The summed E-state index contributed by atoms with van der Waals surface area (Å²) >= 11 is 1.59. The molecule has 49 heavy (non-hydrogen) atoms. The molecule has 0 bridgehead atoms. The van der Waals surface area contributed by atoms with Gasteiger partial charge in [-0.3, -0.25) is 14.4 Å². The Balaban J connectivity index is 1.36. The van der Waals surface area contributed by atoms with Gasteiger partial charge < -0.3 is 20.2 Å². The summed E-state index contributed by atoms with van der Waals surface area (Å²) in [6.07, 6.45) is 5.18. The molecule has 2 aromatic carbocycles. The molecule has 2 atom stereocenters. The third-order valence-corrected chi connectivity index (χ3v) is 9.92. The second kappa shape index (κ2) is 14.5. The number of nitrogens with zero attached hydrogens (tertiary/aromatic N) is 4. The minimum absolute atomic E-state index is 0.0734. The molecule has 0 saturated carbocycles. The molecule has 3 heterocycles. The van der Waals surface area contributed by atoms with Crippen LogP contribution in [0.1, 0.15) is 85.2 Å². The molecule has 3 aromatic heterocycles. The van der Waals surface area contributed by atoms with Crippen molar-refractivity contribution >= 4 is 45.8 Å². The number of hydrogen-bond acceptors (Lipinski definition) is 9. The van der Waals surface area contributed by atoms with Crippen LogP contribution in [0.4, 0.5) is 5.69 Å². The van der Waals surface area contributed by atoms with Crippen LogP contribution in [-0.4, -0.2) is 42.9 Å². The lowest BCUT2D eigenvalue weighted by atomic mass is 9.85. The van der Waals surface area contributed by atoms with Crippen LogP contribution in [0.2, 0.25) is 0 Å². The Morgan fingerprint density at radius 1 is 1.10 bits per heavy atom. The topological polar surface area (TPSA) is 169 Å². The van der Waals surface area contributed by atoms with Gasteiger partial charge in [0.2, 0.25) is 5.91 Å². The summed E-state index contributed by atoms with van der Waals surface area (Å²) in [5, 5.41) is 25.6. The van der Waals surface area contributed by atoms with E-state index in [1.165, 1.54) is 4.68 Å². The van der Waals surface area contributed by atoms with Crippen LogP contribution in [-0.2, 0) is 21.5 Å². The molecule has 0 aliphatic rings. The number of carbonyl (C=O) groups is 3. The van der Waals surface area contributed by atoms with Crippen molar-refractivity contribution in [2.75, 3.05) is 5.32 Å². The van der Waals surface area contributed by atoms with Gasteiger partial charge in [-0.1, -0.05) is 51.0 Å². The van der Waals surface area contributed by atoms with Gasteiger partial charge in [-0.15, -0.1) is 16.4 Å². The first kappa shape index (κ1) is 35.1. The molecule has 0 unspecified atom stereocenters. The molecule has 0 fully saturated rings. The highest BCUT2D eigenvalue weighted by atomic mass is 32.1. The van der Waals surface area contributed by atoms with Gasteiger partial charge in [-0.05, 0) is 68.5 Å². The SMILES string of the molecule is CCCC[C@@H](C(=O)Nc1ccc2c(C)c(CC(=O)O)c(=O)oc2c1)n1cc([C@@](C)(NC(=O)c2ccc(-c3cnc(C)s3)cc2)C(C)C)nn1. The number of amides is 2. The van der Waals surface area contributed by atoms with E-state index in [-0.39, 0.29) is 28.9 Å². The average molecular weight is 685 g/mol. The molecule has 13 heteroatoms. The van der Waals surface area contributed by atoms with E-state index in [4.69, 9.17) is 4.42 Å². The largest absolute Gasteiger partial charge is 0.481 e. The van der Waals surface area contributed by atoms with Gasteiger partial charge in [0.05, 0.1) is 33.6 Å². The Labute approximate surface area is 287 Å². The van der Waals surface area contributed by atoms with Crippen molar-refractivity contribution in [2.24, 2.45) is 5.92 Å². The van der Waals surface area contributed by atoms with E-state index in [1.54, 1.807) is 54.8 Å². The molecular formula is C36H40N6O6S. The normalized spacial score (nSPS) is 13.3. The first-order chi connectivity index (χ1) is 23.3. The highest BCUT2D eigenvalue weighted by molar-refractivity contribution is 7.15. The monoisotopic (exact) mass is 684 g/mol. The van der Waals surface area contributed by atoms with Crippen molar-refractivity contribution < 1.29 is 23.9 Å². The number of nitrogens with one attached hydrogen (secondary N) is 2. The molecule has 0 spiro atoms. The molecule has 12 nitrogen and oxygen atoms in total. The first-order valence-electron chi connectivity index (χ1n) is 16.2. The summed E-state index contributed by atoms with van der Waals surface area (Å²) in [4.78, 5) is 56.3. The Kier molecular flexibility index (Phi) is 10.4. The Morgan fingerprint density at radius 3 is 2.47 bits per heavy atom. The lowest BCUT2D eigenvalue weighted by Gasteiger charge is -2.33. The highest BCUT2D eigenvalue weighted by Crippen LogP contribution is 2.31. The van der Waals surface area contributed by atoms with E-state index < -0.39 is 29.6 Å². The van der Waals surface area contributed by atoms with Crippen LogP contribution in [0.25, 0.3) is 21.4 Å². The quantitative estimate of drug-likeness (QED) is 0.118. The van der Waals surface area contributed by atoms with E-state index in [0.29, 0.717) is 34.3 Å². The number of anilines is 1. The van der Waals surface area contributed by atoms with Gasteiger partial charge in [0.25, 0.3) is 5.91 Å². The fraction of sp³-hybridized carbons (Fsp3) is 0.361. The van der Waals surface area contributed by atoms with E-state index >= 15 is 0 Å². The molecular weight excluding hydrogens is 644 g/mol. The summed E-state index contributed by atoms with van der Waals surface area (Å²) in [5.41, 5.74) is 1.63. The summed E-state index contributed by atoms with van der Waals surface area (Å²) < 4.78 is 6.96. The number of unbranched alkanes of at least 4 members (excludes halogenated alkanes) is 1. The fourth-order valence-electron chi connectivity index (χ4n) is 5.59. The zero-order chi connectivity index (χ0) is 35.5. The molecule has 3 N–H and O–H groups in total. The molecule has 256 valence electrons. The molecule has 0 radical (unpaired) electrons. The predicted octanol–water partition coefficient (Wildman–Crippen LogP) is 6.42. The van der Waals surface area contributed by atoms with Gasteiger partial charge in [0.1, 0.15) is 17.3 Å². The zero-order valence-electron chi connectivity index (χ0n) is 28.4. The van der Waals surface area contributed by atoms with Crippen LogP contribution < -0.4 is 16.3 Å². The number of rotatable bonds is 13. The number of aliphatic carboxylic acids is 1. The van der Waals surface area contributed by atoms with E-state index in [9.17, 15) is 24.3 Å². The van der Waals surface area contributed by atoms with Gasteiger partial charge >= 0.3 is 11.6 Å². The van der Waals surface area contributed by atoms with Crippen molar-refractivity contribution in [3.8, 4) is 10.4 Å². The summed E-state index contributed by atoms with van der Waals surface area (Å²) in [5.74, 6) is -1.80. The Morgan fingerprint density at radius 2 is 1.84 bits per heavy atom. The Bertz CT molecular complexity index is 2060. The van der Waals surface area contributed by atoms with Crippen molar-refractivity contribution in [1.82, 2.24) is 25.3 Å². The first-order valence-corrected chi connectivity index (χ1v) is 17.0. The fourth-order valence-corrected chi connectivity index (χ4v) is 6.38. The smallest absolute Gasteiger partial charge is 0.340 e. The number of thiazole rings is 1. The molecule has 0 aliphatic carbocycles. The molecule has 2 amide bonds. The van der Waals surface area contributed by atoms with Crippen molar-refractivity contribution in [1.29, 1.82) is 0 Å². The molecule has 5 aromatic rings. The second-order valence-electron chi connectivity index (χ2n) is 12.6. The number of aryl methyl sites for hydroxylation is 2. The minimum atomic E-state index is -1.13. The summed E-state index contributed by atoms with van der Waals surface area (Å²) in [6, 6.07) is 11.6. The van der Waals surface area contributed by atoms with Crippen LogP contribution >= 0.6 is 11.3 Å². The minimum Gasteiger partial charge on any atom is -0.481 e. The summed E-state index contributed by atoms with van der Waals surface area (Å²) in [7, 11) is 0. The molecule has 0 aliphatic heterocycles. The molecule has 5 rings (SSSR count). The average Bonchev–Trinajstić information content (AvgIpc) is 3.73. The maximum absolute atomic E-state index is 13.7. The maximum Gasteiger partial charge on any atom is 0.340 e. The van der Waals surface area contributed by atoms with Gasteiger partial charge in [-0.25, -0.2) is 14.5 Å². The number of aromatic nitrogens is 4. The second-order valence-corrected chi connectivity index (χ2v) is 13.9.